The molecule has 0 spiro atoms. The highest BCUT2D eigenvalue weighted by molar-refractivity contribution is 6.34. The fourth-order valence-corrected chi connectivity index (χ4v) is 2.18. The Labute approximate surface area is 142 Å². The van der Waals surface area contributed by atoms with Gasteiger partial charge in [0, 0.05) is 13.1 Å². The molecular weight excluding hydrogens is 343 g/mol. The van der Waals surface area contributed by atoms with Gasteiger partial charge >= 0.3 is 0 Å². The Morgan fingerprint density at radius 3 is 2.52 bits per heavy atom. The van der Waals surface area contributed by atoms with Crippen LogP contribution in [0.1, 0.15) is 10.4 Å². The first-order valence-corrected chi connectivity index (χ1v) is 7.19. The van der Waals surface area contributed by atoms with Crippen LogP contribution < -0.4 is 20.1 Å². The molecule has 0 saturated heterocycles. The van der Waals surface area contributed by atoms with Gasteiger partial charge in [0.05, 0.1) is 36.7 Å². The quantitative estimate of drug-likeness (QED) is 0.856. The third-order valence-corrected chi connectivity index (χ3v) is 3.48. The SMILES string of the molecule is CNC(=O)c1cc(Cl)c(Nc2ncc(Cl)c(OC)n2)cc1OC. The first-order chi connectivity index (χ1) is 11.0. The van der Waals surface area contributed by atoms with E-state index < -0.39 is 0 Å². The Morgan fingerprint density at radius 1 is 1.17 bits per heavy atom. The lowest BCUT2D eigenvalue weighted by Gasteiger charge is -2.13. The lowest BCUT2D eigenvalue weighted by atomic mass is 10.1. The average molecular weight is 357 g/mol. The largest absolute Gasteiger partial charge is 0.496 e. The molecule has 0 radical (unpaired) electrons. The lowest BCUT2D eigenvalue weighted by molar-refractivity contribution is 0.0960. The zero-order valence-corrected chi connectivity index (χ0v) is 14.1. The van der Waals surface area contributed by atoms with Crippen LogP contribution in [0.25, 0.3) is 0 Å². The van der Waals surface area contributed by atoms with Crippen LogP contribution in [0.4, 0.5) is 11.6 Å². The summed E-state index contributed by atoms with van der Waals surface area (Å²) in [4.78, 5) is 20.0. The molecule has 7 nitrogen and oxygen atoms in total. The van der Waals surface area contributed by atoms with Crippen LogP contribution in [0.2, 0.25) is 10.0 Å². The van der Waals surface area contributed by atoms with E-state index >= 15 is 0 Å². The van der Waals surface area contributed by atoms with Crippen LogP contribution in [-0.2, 0) is 0 Å². The normalized spacial score (nSPS) is 10.1. The van der Waals surface area contributed by atoms with E-state index in [-0.39, 0.29) is 22.8 Å². The molecule has 2 rings (SSSR count). The number of rotatable bonds is 5. The topological polar surface area (TPSA) is 85.4 Å². The van der Waals surface area contributed by atoms with Gasteiger partial charge in [-0.3, -0.25) is 4.79 Å². The van der Waals surface area contributed by atoms with Crippen LogP contribution in [-0.4, -0.2) is 37.1 Å². The number of halogens is 2. The summed E-state index contributed by atoms with van der Waals surface area (Å²) in [5.41, 5.74) is 0.792. The highest BCUT2D eigenvalue weighted by Gasteiger charge is 2.16. The standard InChI is InChI=1S/C14H14Cl2N4O3/c1-17-12(21)7-4-8(15)10(5-11(7)22-2)19-14-18-6-9(16)13(20-14)23-3/h4-6H,1-3H3,(H,17,21)(H,18,19,20). The monoisotopic (exact) mass is 356 g/mol. The first-order valence-electron chi connectivity index (χ1n) is 6.43. The number of hydrogen-bond donors (Lipinski definition) is 2. The minimum Gasteiger partial charge on any atom is -0.496 e. The maximum atomic E-state index is 11.8. The molecule has 1 aromatic carbocycles. The fourth-order valence-electron chi connectivity index (χ4n) is 1.81. The predicted molar refractivity (Wildman–Crippen MR) is 88.3 cm³/mol. The molecule has 1 heterocycles. The van der Waals surface area contributed by atoms with Gasteiger partial charge in [-0.05, 0) is 6.07 Å². The van der Waals surface area contributed by atoms with Crippen LogP contribution in [0.3, 0.4) is 0 Å². The molecule has 2 aromatic rings. The van der Waals surface area contributed by atoms with Crippen LogP contribution in [0.5, 0.6) is 11.6 Å². The van der Waals surface area contributed by atoms with Crippen molar-refractivity contribution in [3.63, 3.8) is 0 Å². The molecule has 1 aromatic heterocycles. The molecule has 0 unspecified atom stereocenters. The zero-order valence-electron chi connectivity index (χ0n) is 12.6. The van der Waals surface area contributed by atoms with E-state index in [4.69, 9.17) is 32.7 Å². The van der Waals surface area contributed by atoms with Crippen LogP contribution in [0, 0.1) is 0 Å². The number of benzene rings is 1. The molecule has 1 amide bonds. The van der Waals surface area contributed by atoms with Gasteiger partial charge in [-0.1, -0.05) is 23.2 Å². The number of ether oxygens (including phenoxy) is 2. The van der Waals surface area contributed by atoms with E-state index in [0.29, 0.717) is 22.0 Å². The number of anilines is 2. The minimum absolute atomic E-state index is 0.231. The maximum absolute atomic E-state index is 11.8. The minimum atomic E-state index is -0.306. The summed E-state index contributed by atoms with van der Waals surface area (Å²) in [6, 6.07) is 3.08. The number of hydrogen-bond acceptors (Lipinski definition) is 6. The van der Waals surface area contributed by atoms with Gasteiger partial charge < -0.3 is 20.1 Å². The van der Waals surface area contributed by atoms with Crippen molar-refractivity contribution in [1.82, 2.24) is 15.3 Å². The van der Waals surface area contributed by atoms with Crippen molar-refractivity contribution >= 4 is 40.7 Å². The molecular formula is C14H14Cl2N4O3. The summed E-state index contributed by atoms with van der Waals surface area (Å²) in [5, 5.41) is 6.04. The van der Waals surface area contributed by atoms with Crippen LogP contribution >= 0.6 is 23.2 Å². The molecule has 2 N–H and O–H groups in total. The van der Waals surface area contributed by atoms with E-state index in [0.717, 1.165) is 0 Å². The molecule has 0 atom stereocenters. The fraction of sp³-hybridized carbons (Fsp3) is 0.214. The first kappa shape index (κ1) is 17.1. The van der Waals surface area contributed by atoms with E-state index in [1.807, 2.05) is 0 Å². The molecule has 0 saturated carbocycles. The highest BCUT2D eigenvalue weighted by atomic mass is 35.5. The smallest absolute Gasteiger partial charge is 0.254 e. The van der Waals surface area contributed by atoms with E-state index in [1.54, 1.807) is 6.07 Å². The summed E-state index contributed by atoms with van der Waals surface area (Å²) in [5.74, 6) is 0.522. The van der Waals surface area contributed by atoms with E-state index in [9.17, 15) is 4.79 Å². The van der Waals surface area contributed by atoms with Gasteiger partial charge in [0.25, 0.3) is 5.91 Å². The highest BCUT2D eigenvalue weighted by Crippen LogP contribution is 2.33. The number of carbonyl (C=O) groups is 1. The van der Waals surface area contributed by atoms with Gasteiger partial charge in [-0.2, -0.15) is 4.98 Å². The lowest BCUT2D eigenvalue weighted by Crippen LogP contribution is -2.18. The average Bonchev–Trinajstić information content (AvgIpc) is 2.57. The summed E-state index contributed by atoms with van der Waals surface area (Å²) in [6.45, 7) is 0. The summed E-state index contributed by atoms with van der Waals surface area (Å²) >= 11 is 12.1. The summed E-state index contributed by atoms with van der Waals surface area (Å²) < 4.78 is 10.2. The van der Waals surface area contributed by atoms with Crippen LogP contribution in [0.15, 0.2) is 18.3 Å². The zero-order chi connectivity index (χ0) is 17.0. The molecule has 0 aliphatic rings. The summed E-state index contributed by atoms with van der Waals surface area (Å²) in [7, 11) is 4.43. The molecule has 0 bridgehead atoms. The maximum Gasteiger partial charge on any atom is 0.254 e. The second kappa shape index (κ2) is 7.34. The van der Waals surface area contributed by atoms with Crippen molar-refractivity contribution in [1.29, 1.82) is 0 Å². The second-order valence-electron chi connectivity index (χ2n) is 4.29. The van der Waals surface area contributed by atoms with Crippen molar-refractivity contribution in [3.05, 3.63) is 33.9 Å². The predicted octanol–water partition coefficient (Wildman–Crippen LogP) is 2.90. The Hall–Kier alpha value is -2.25. The number of amides is 1. The van der Waals surface area contributed by atoms with Gasteiger partial charge in [-0.15, -0.1) is 0 Å². The Morgan fingerprint density at radius 2 is 1.91 bits per heavy atom. The Bertz CT molecular complexity index is 740. The molecule has 0 aliphatic heterocycles. The van der Waals surface area contributed by atoms with Crippen molar-refractivity contribution < 1.29 is 14.3 Å². The molecule has 0 aliphatic carbocycles. The molecule has 23 heavy (non-hydrogen) atoms. The van der Waals surface area contributed by atoms with Crippen molar-refractivity contribution in [2.75, 3.05) is 26.6 Å². The Balaban J connectivity index is 2.39. The Kier molecular flexibility index (Phi) is 5.46. The van der Waals surface area contributed by atoms with Crippen molar-refractivity contribution in [2.45, 2.75) is 0 Å². The number of methoxy groups -OCH3 is 2. The van der Waals surface area contributed by atoms with E-state index in [2.05, 4.69) is 20.6 Å². The molecule has 122 valence electrons. The number of carbonyl (C=O) groups excluding carboxylic acids is 1. The third kappa shape index (κ3) is 3.75. The van der Waals surface area contributed by atoms with Gasteiger partial charge in [-0.25, -0.2) is 4.98 Å². The van der Waals surface area contributed by atoms with Gasteiger partial charge in [0.1, 0.15) is 10.8 Å². The second-order valence-corrected chi connectivity index (χ2v) is 5.10. The van der Waals surface area contributed by atoms with Crippen molar-refractivity contribution in [3.8, 4) is 11.6 Å². The third-order valence-electron chi connectivity index (χ3n) is 2.91. The number of aromatic nitrogens is 2. The molecule has 9 heteroatoms. The number of nitrogens with zero attached hydrogens (tertiary/aromatic N) is 2. The van der Waals surface area contributed by atoms with E-state index in [1.165, 1.54) is 33.5 Å². The van der Waals surface area contributed by atoms with Gasteiger partial charge in [0.15, 0.2) is 0 Å². The number of nitrogens with one attached hydrogen (secondary N) is 2. The molecule has 0 fully saturated rings. The van der Waals surface area contributed by atoms with Gasteiger partial charge in [0.2, 0.25) is 11.8 Å². The van der Waals surface area contributed by atoms with Crippen molar-refractivity contribution in [2.24, 2.45) is 0 Å². The summed E-state index contributed by atoms with van der Waals surface area (Å²) in [6.07, 6.45) is 1.40.